The Hall–Kier alpha value is -4.00. The van der Waals surface area contributed by atoms with Crippen molar-refractivity contribution in [3.8, 4) is 17.6 Å². The van der Waals surface area contributed by atoms with Crippen molar-refractivity contribution >= 4 is 11.4 Å². The number of nitrogens with zero attached hydrogens (tertiary/aromatic N) is 4. The first-order chi connectivity index (χ1) is 19.1. The Bertz CT molecular complexity index is 1470. The number of benzene rings is 2. The van der Waals surface area contributed by atoms with Gasteiger partial charge in [0.1, 0.15) is 23.2 Å². The predicted octanol–water partition coefficient (Wildman–Crippen LogP) is 4.57. The molecule has 1 saturated heterocycles. The molecule has 2 aromatic carbocycles. The van der Waals surface area contributed by atoms with Gasteiger partial charge in [0.05, 0.1) is 23.2 Å². The van der Waals surface area contributed by atoms with E-state index in [9.17, 15) is 5.26 Å². The van der Waals surface area contributed by atoms with Crippen LogP contribution in [0.4, 0.5) is 5.69 Å². The van der Waals surface area contributed by atoms with Crippen LogP contribution in [0.15, 0.2) is 36.5 Å². The summed E-state index contributed by atoms with van der Waals surface area (Å²) in [5, 5.41) is 27.1. The summed E-state index contributed by atoms with van der Waals surface area (Å²) in [6.45, 7) is 10.2. The van der Waals surface area contributed by atoms with Gasteiger partial charge in [0, 0.05) is 41.5 Å². The summed E-state index contributed by atoms with van der Waals surface area (Å²) < 4.78 is 12.7. The molecule has 0 aliphatic carbocycles. The van der Waals surface area contributed by atoms with Gasteiger partial charge in [0.15, 0.2) is 6.23 Å². The van der Waals surface area contributed by atoms with Crippen LogP contribution in [0.3, 0.4) is 0 Å². The minimum atomic E-state index is -0.757. The Labute approximate surface area is 235 Å². The van der Waals surface area contributed by atoms with Crippen LogP contribution in [-0.2, 0) is 6.42 Å². The Morgan fingerprint density at radius 2 is 1.93 bits per heavy atom. The number of ether oxygens (including phenoxy) is 2. The van der Waals surface area contributed by atoms with Crippen molar-refractivity contribution < 1.29 is 9.47 Å². The Balaban J connectivity index is 1.39. The average Bonchev–Trinajstić information content (AvgIpc) is 2.93. The molecule has 9 nitrogen and oxygen atoms in total. The van der Waals surface area contributed by atoms with Crippen LogP contribution < -0.4 is 20.9 Å². The zero-order valence-electron chi connectivity index (χ0n) is 23.6. The van der Waals surface area contributed by atoms with Crippen LogP contribution in [0.2, 0.25) is 0 Å². The van der Waals surface area contributed by atoms with Crippen molar-refractivity contribution in [2.45, 2.75) is 71.2 Å². The topological polar surface area (TPSA) is 147 Å². The number of hydrogen-bond acceptors (Lipinski definition) is 9. The second kappa shape index (κ2) is 10.9. The highest BCUT2D eigenvalue weighted by Gasteiger charge is 2.41. The van der Waals surface area contributed by atoms with E-state index in [1.54, 1.807) is 30.5 Å². The summed E-state index contributed by atoms with van der Waals surface area (Å²) >= 11 is 0. The first-order valence-electron chi connectivity index (χ1n) is 13.8. The maximum Gasteiger partial charge on any atom is 0.176 e. The van der Waals surface area contributed by atoms with E-state index in [1.807, 2.05) is 19.9 Å². The molecular weight excluding hydrogens is 502 g/mol. The number of nitrogens with one attached hydrogen (secondary N) is 1. The molecule has 1 aromatic heterocycles. The third-order valence-electron chi connectivity index (χ3n) is 8.30. The molecule has 2 aliphatic heterocycles. The highest BCUT2D eigenvalue weighted by atomic mass is 16.5. The van der Waals surface area contributed by atoms with E-state index in [2.05, 4.69) is 35.0 Å². The molecule has 5 rings (SSSR count). The lowest BCUT2D eigenvalue weighted by atomic mass is 9.81. The normalized spacial score (nSPS) is 17.1. The second-order valence-electron chi connectivity index (χ2n) is 11.2. The first-order valence-corrected chi connectivity index (χ1v) is 13.8. The molecule has 0 radical (unpaired) electrons. The van der Waals surface area contributed by atoms with E-state index < -0.39 is 6.23 Å². The van der Waals surface area contributed by atoms with E-state index in [0.29, 0.717) is 45.6 Å². The number of nitriles is 1. The molecule has 3 aromatic rings. The lowest BCUT2D eigenvalue weighted by Gasteiger charge is -2.45. The number of nitrogens with two attached hydrogens (primary N) is 2. The van der Waals surface area contributed by atoms with Crippen LogP contribution in [0, 0.1) is 30.6 Å². The number of rotatable bonds is 6. The fraction of sp³-hybridized carbons (Fsp3) is 0.419. The molecule has 1 fully saturated rings. The summed E-state index contributed by atoms with van der Waals surface area (Å²) in [5.41, 5.74) is 18.0. The molecule has 0 bridgehead atoms. The maximum atomic E-state index is 10.0. The molecule has 5 N–H and O–H groups in total. The molecule has 0 unspecified atom stereocenters. The van der Waals surface area contributed by atoms with Crippen molar-refractivity contribution in [1.82, 2.24) is 15.1 Å². The van der Waals surface area contributed by atoms with Crippen molar-refractivity contribution in [3.05, 3.63) is 75.6 Å². The van der Waals surface area contributed by atoms with Crippen LogP contribution in [0.1, 0.15) is 78.4 Å². The second-order valence-corrected chi connectivity index (χ2v) is 11.2. The van der Waals surface area contributed by atoms with Crippen LogP contribution in [0.5, 0.6) is 11.5 Å². The molecule has 3 heterocycles. The standard InChI is InChI=1S/C31H37N7O2/c1-18(2)38-11-9-31(10-12-38)8-7-21-13-22(14-23(16-32)29(21)40-31)28(34)25-15-24(5-6-26(25)33)39-30(35)27-19(3)17-36-37-20(27)4/h5-6,13-15,17-18,30,34H,7-12,33,35H2,1-4H3/t30-/m0/s1. The third-order valence-corrected chi connectivity index (χ3v) is 8.30. The van der Waals surface area contributed by atoms with Crippen molar-refractivity contribution in [2.24, 2.45) is 5.73 Å². The summed E-state index contributed by atoms with van der Waals surface area (Å²) in [6, 6.07) is 11.7. The van der Waals surface area contributed by atoms with Gasteiger partial charge in [0.25, 0.3) is 0 Å². The molecular formula is C31H37N7O2. The molecule has 208 valence electrons. The van der Waals surface area contributed by atoms with Gasteiger partial charge < -0.3 is 20.1 Å². The summed E-state index contributed by atoms with van der Waals surface area (Å²) in [4.78, 5) is 2.48. The number of hydrogen-bond donors (Lipinski definition) is 3. The molecule has 0 amide bonds. The third kappa shape index (κ3) is 5.25. The van der Waals surface area contributed by atoms with E-state index in [4.69, 9.17) is 26.4 Å². The van der Waals surface area contributed by atoms with Crippen molar-refractivity contribution in [1.29, 1.82) is 10.7 Å². The minimum Gasteiger partial charge on any atom is -0.485 e. The summed E-state index contributed by atoms with van der Waals surface area (Å²) in [7, 11) is 0. The number of anilines is 1. The predicted molar refractivity (Wildman–Crippen MR) is 155 cm³/mol. The maximum absolute atomic E-state index is 10.0. The minimum absolute atomic E-state index is 0.208. The monoisotopic (exact) mass is 539 g/mol. The fourth-order valence-corrected chi connectivity index (χ4v) is 5.88. The smallest absolute Gasteiger partial charge is 0.176 e. The first kappa shape index (κ1) is 27.6. The lowest BCUT2D eigenvalue weighted by Crippen LogP contribution is -2.51. The van der Waals surface area contributed by atoms with Crippen LogP contribution in [0.25, 0.3) is 0 Å². The highest BCUT2D eigenvalue weighted by Crippen LogP contribution is 2.42. The van der Waals surface area contributed by atoms with Gasteiger partial charge in [-0.2, -0.15) is 15.5 Å². The van der Waals surface area contributed by atoms with Crippen molar-refractivity contribution in [3.63, 3.8) is 0 Å². The van der Waals surface area contributed by atoms with E-state index in [0.717, 1.165) is 55.5 Å². The molecule has 2 aliphatic rings. The van der Waals surface area contributed by atoms with Gasteiger partial charge in [-0.05, 0) is 94.8 Å². The quantitative estimate of drug-likeness (QED) is 0.234. The Morgan fingerprint density at radius 1 is 1.18 bits per heavy atom. The van der Waals surface area contributed by atoms with E-state index >= 15 is 0 Å². The zero-order chi connectivity index (χ0) is 28.6. The van der Waals surface area contributed by atoms with E-state index in [-0.39, 0.29) is 11.3 Å². The lowest BCUT2D eigenvalue weighted by molar-refractivity contribution is -0.0213. The van der Waals surface area contributed by atoms with Crippen LogP contribution in [-0.4, -0.2) is 45.5 Å². The van der Waals surface area contributed by atoms with Crippen LogP contribution >= 0.6 is 0 Å². The fourth-order valence-electron chi connectivity index (χ4n) is 5.88. The van der Waals surface area contributed by atoms with Gasteiger partial charge in [-0.1, -0.05) is 0 Å². The zero-order valence-corrected chi connectivity index (χ0v) is 23.6. The van der Waals surface area contributed by atoms with Crippen molar-refractivity contribution in [2.75, 3.05) is 18.8 Å². The van der Waals surface area contributed by atoms with Gasteiger partial charge >= 0.3 is 0 Å². The Morgan fingerprint density at radius 3 is 2.60 bits per heavy atom. The molecule has 9 heteroatoms. The summed E-state index contributed by atoms with van der Waals surface area (Å²) in [5.74, 6) is 1.14. The SMILES string of the molecule is Cc1cnnc(C)c1[C@@H](N)Oc1ccc(N)c(C(=N)c2cc(C#N)c3c(c2)CCC2(CCN(C(C)C)CC2)O3)c1. The van der Waals surface area contributed by atoms with Gasteiger partial charge in [-0.15, -0.1) is 0 Å². The van der Waals surface area contributed by atoms with Gasteiger partial charge in [-0.3, -0.25) is 11.1 Å². The largest absolute Gasteiger partial charge is 0.485 e. The number of fused-ring (bicyclic) bond motifs is 1. The summed E-state index contributed by atoms with van der Waals surface area (Å²) in [6.07, 6.45) is 4.50. The number of piperidine rings is 1. The van der Waals surface area contributed by atoms with Gasteiger partial charge in [0.2, 0.25) is 0 Å². The number of nitrogen functional groups attached to an aromatic ring is 1. The average molecular weight is 540 g/mol. The number of likely N-dealkylation sites (tertiary alicyclic amines) is 1. The molecule has 1 spiro atoms. The Kier molecular flexibility index (Phi) is 7.49. The van der Waals surface area contributed by atoms with E-state index in [1.165, 1.54) is 0 Å². The number of aryl methyl sites for hydroxylation is 3. The number of aromatic nitrogens is 2. The molecule has 1 atom stereocenters. The molecule has 40 heavy (non-hydrogen) atoms. The van der Waals surface area contributed by atoms with Gasteiger partial charge in [-0.25, -0.2) is 0 Å². The highest BCUT2D eigenvalue weighted by molar-refractivity contribution is 6.14. The molecule has 0 saturated carbocycles.